The van der Waals surface area contributed by atoms with Crippen LogP contribution in [0.1, 0.15) is 26.3 Å². The Morgan fingerprint density at radius 2 is 1.33 bits per heavy atom. The fourth-order valence-electron chi connectivity index (χ4n) is 4.03. The summed E-state index contributed by atoms with van der Waals surface area (Å²) < 4.78 is 29.1. The maximum atomic E-state index is 13.2. The van der Waals surface area contributed by atoms with E-state index in [1.807, 2.05) is 6.92 Å². The van der Waals surface area contributed by atoms with E-state index in [0.29, 0.717) is 34.2 Å². The largest absolute Gasteiger partial charge is 0.493 e. The van der Waals surface area contributed by atoms with E-state index in [1.165, 1.54) is 45.6 Å². The maximum absolute atomic E-state index is 13.2. The van der Waals surface area contributed by atoms with Crippen LogP contribution in [0.3, 0.4) is 0 Å². The zero-order valence-corrected chi connectivity index (χ0v) is 24.2. The summed E-state index contributed by atoms with van der Waals surface area (Å²) in [5.41, 5.74) is 10.1. The standard InChI is InChI=1S/C31H29FN4O5.ClH/c1-18-5-14-24(34-31(33)36-30(38)22-15-26(39-2)28(41-4)27(16-22)40-3)17-25(18)35-29(37)21-8-6-19(7-9-21)20-10-12-23(32)13-11-20;/h5-17H,1-4H3,(H,35,37)(H3,33,34,36,38);1H. The van der Waals surface area contributed by atoms with Crippen molar-refractivity contribution >= 4 is 41.6 Å². The van der Waals surface area contributed by atoms with Gasteiger partial charge < -0.3 is 25.3 Å². The molecule has 0 aliphatic heterocycles. The number of aryl methyl sites for hydroxylation is 1. The number of ether oxygens (including phenoxy) is 3. The fourth-order valence-corrected chi connectivity index (χ4v) is 4.03. The molecule has 2 amide bonds. The third kappa shape index (κ3) is 7.35. The molecule has 0 aliphatic rings. The fraction of sp³-hybridized carbons (Fsp3) is 0.129. The second-order valence-electron chi connectivity index (χ2n) is 8.90. The minimum atomic E-state index is -0.532. The Bertz CT molecular complexity index is 1580. The lowest BCUT2D eigenvalue weighted by atomic mass is 10.0. The van der Waals surface area contributed by atoms with Crippen LogP contribution in [0.2, 0.25) is 0 Å². The van der Waals surface area contributed by atoms with Crippen molar-refractivity contribution < 1.29 is 28.2 Å². The molecule has 4 aromatic rings. The second-order valence-corrected chi connectivity index (χ2v) is 8.90. The van der Waals surface area contributed by atoms with Gasteiger partial charge in [-0.15, -0.1) is 12.4 Å². The normalized spacial score (nSPS) is 10.7. The predicted octanol–water partition coefficient (Wildman–Crippen LogP) is 5.88. The molecule has 218 valence electrons. The zero-order valence-electron chi connectivity index (χ0n) is 23.4. The average Bonchev–Trinajstić information content (AvgIpc) is 2.98. The Morgan fingerprint density at radius 1 is 0.762 bits per heavy atom. The number of halogens is 2. The van der Waals surface area contributed by atoms with Crippen LogP contribution in [0.5, 0.6) is 17.2 Å². The van der Waals surface area contributed by atoms with Crippen molar-refractivity contribution in [1.29, 1.82) is 0 Å². The number of carbonyl (C=O) groups excluding carboxylic acids is 2. The van der Waals surface area contributed by atoms with Crippen molar-refractivity contribution in [3.05, 3.63) is 101 Å². The van der Waals surface area contributed by atoms with Crippen LogP contribution in [-0.2, 0) is 0 Å². The van der Waals surface area contributed by atoms with Gasteiger partial charge in [-0.3, -0.25) is 14.9 Å². The lowest BCUT2D eigenvalue weighted by Gasteiger charge is -2.14. The monoisotopic (exact) mass is 592 g/mol. The minimum Gasteiger partial charge on any atom is -0.493 e. The Labute approximate surface area is 248 Å². The molecule has 0 aromatic heterocycles. The van der Waals surface area contributed by atoms with Crippen molar-refractivity contribution in [3.8, 4) is 28.4 Å². The number of hydrogen-bond donors (Lipinski definition) is 3. The average molecular weight is 593 g/mol. The van der Waals surface area contributed by atoms with Crippen LogP contribution >= 0.6 is 12.4 Å². The molecule has 42 heavy (non-hydrogen) atoms. The van der Waals surface area contributed by atoms with E-state index in [4.69, 9.17) is 19.9 Å². The number of carbonyl (C=O) groups is 2. The molecule has 4 rings (SSSR count). The number of nitrogens with zero attached hydrogens (tertiary/aromatic N) is 1. The van der Waals surface area contributed by atoms with Gasteiger partial charge in [-0.2, -0.15) is 0 Å². The van der Waals surface area contributed by atoms with Crippen LogP contribution in [0, 0.1) is 12.7 Å². The third-order valence-electron chi connectivity index (χ3n) is 6.21. The summed E-state index contributed by atoms with van der Waals surface area (Å²) in [5, 5.41) is 5.42. The first-order valence-electron chi connectivity index (χ1n) is 12.5. The molecule has 0 heterocycles. The van der Waals surface area contributed by atoms with Crippen LogP contribution in [0.4, 0.5) is 15.8 Å². The van der Waals surface area contributed by atoms with E-state index in [-0.39, 0.29) is 35.7 Å². The van der Waals surface area contributed by atoms with E-state index in [0.717, 1.165) is 16.7 Å². The molecule has 9 nitrogen and oxygen atoms in total. The van der Waals surface area contributed by atoms with E-state index in [1.54, 1.807) is 54.6 Å². The maximum Gasteiger partial charge on any atom is 0.258 e. The number of benzene rings is 4. The smallest absolute Gasteiger partial charge is 0.258 e. The summed E-state index contributed by atoms with van der Waals surface area (Å²) in [7, 11) is 4.37. The van der Waals surface area contributed by atoms with Crippen LogP contribution in [-0.4, -0.2) is 39.1 Å². The van der Waals surface area contributed by atoms with Gasteiger partial charge in [0.25, 0.3) is 11.8 Å². The molecule has 4 aromatic carbocycles. The molecule has 0 unspecified atom stereocenters. The predicted molar refractivity (Wildman–Crippen MR) is 163 cm³/mol. The number of anilines is 1. The molecular formula is C31H30ClFN4O5. The van der Waals surface area contributed by atoms with Gasteiger partial charge in [0.05, 0.1) is 27.0 Å². The van der Waals surface area contributed by atoms with E-state index in [9.17, 15) is 14.0 Å². The van der Waals surface area contributed by atoms with Gasteiger partial charge in [-0.05, 0) is 72.1 Å². The number of rotatable bonds is 8. The van der Waals surface area contributed by atoms with Gasteiger partial charge in [0.1, 0.15) is 5.82 Å². The highest BCUT2D eigenvalue weighted by Crippen LogP contribution is 2.38. The highest BCUT2D eigenvalue weighted by atomic mass is 35.5. The lowest BCUT2D eigenvalue weighted by molar-refractivity contribution is 0.0974. The van der Waals surface area contributed by atoms with Gasteiger partial charge in [-0.1, -0.05) is 30.3 Å². The number of guanidine groups is 1. The number of aliphatic imine (C=N–C) groups is 1. The van der Waals surface area contributed by atoms with Crippen molar-refractivity contribution in [2.24, 2.45) is 10.7 Å². The van der Waals surface area contributed by atoms with E-state index >= 15 is 0 Å². The SMILES string of the molecule is COc1cc(C(=O)NC(N)=Nc2ccc(C)c(NC(=O)c3ccc(-c4ccc(F)cc4)cc3)c2)cc(OC)c1OC.Cl. The van der Waals surface area contributed by atoms with Gasteiger partial charge in [0, 0.05) is 16.8 Å². The van der Waals surface area contributed by atoms with Crippen LogP contribution < -0.4 is 30.6 Å². The molecule has 0 radical (unpaired) electrons. The van der Waals surface area contributed by atoms with E-state index < -0.39 is 5.91 Å². The zero-order chi connectivity index (χ0) is 29.5. The summed E-state index contributed by atoms with van der Waals surface area (Å²) in [5.74, 6) is -0.325. The van der Waals surface area contributed by atoms with Gasteiger partial charge >= 0.3 is 0 Å². The molecular weight excluding hydrogens is 563 g/mol. The van der Waals surface area contributed by atoms with E-state index in [2.05, 4.69) is 15.6 Å². The van der Waals surface area contributed by atoms with Crippen LogP contribution in [0.15, 0.2) is 83.9 Å². The third-order valence-corrected chi connectivity index (χ3v) is 6.21. The topological polar surface area (TPSA) is 124 Å². The number of nitrogens with two attached hydrogens (primary N) is 1. The number of nitrogens with one attached hydrogen (secondary N) is 2. The summed E-state index contributed by atoms with van der Waals surface area (Å²) in [6.45, 7) is 1.84. The second kappa shape index (κ2) is 14.0. The quantitative estimate of drug-likeness (QED) is 0.173. The Hall–Kier alpha value is -5.09. The number of methoxy groups -OCH3 is 3. The highest BCUT2D eigenvalue weighted by molar-refractivity contribution is 6.07. The molecule has 11 heteroatoms. The summed E-state index contributed by atoms with van der Waals surface area (Å²) in [6.07, 6.45) is 0. The van der Waals surface area contributed by atoms with Gasteiger partial charge in [0.15, 0.2) is 11.5 Å². The first-order valence-corrected chi connectivity index (χ1v) is 12.5. The van der Waals surface area contributed by atoms with Crippen molar-refractivity contribution in [3.63, 3.8) is 0 Å². The van der Waals surface area contributed by atoms with Gasteiger partial charge in [0.2, 0.25) is 11.7 Å². The molecule has 0 fully saturated rings. The molecule has 0 spiro atoms. The molecule has 0 saturated heterocycles. The van der Waals surface area contributed by atoms with Crippen molar-refractivity contribution in [2.75, 3.05) is 26.6 Å². The summed E-state index contributed by atoms with van der Waals surface area (Å²) in [4.78, 5) is 30.0. The van der Waals surface area contributed by atoms with Crippen molar-refractivity contribution in [2.45, 2.75) is 6.92 Å². The first-order chi connectivity index (χ1) is 19.7. The first kappa shape index (κ1) is 31.4. The van der Waals surface area contributed by atoms with Crippen molar-refractivity contribution in [1.82, 2.24) is 5.32 Å². The highest BCUT2D eigenvalue weighted by Gasteiger charge is 2.18. The Balaban J connectivity index is 0.00000484. The van der Waals surface area contributed by atoms with Gasteiger partial charge in [-0.25, -0.2) is 9.38 Å². The molecule has 4 N–H and O–H groups in total. The Kier molecular flexibility index (Phi) is 10.5. The molecule has 0 aliphatic carbocycles. The number of hydrogen-bond acceptors (Lipinski definition) is 6. The molecule has 0 saturated carbocycles. The molecule has 0 bridgehead atoms. The van der Waals surface area contributed by atoms with Crippen LogP contribution in [0.25, 0.3) is 11.1 Å². The summed E-state index contributed by atoms with van der Waals surface area (Å²) >= 11 is 0. The molecule has 0 atom stereocenters. The minimum absolute atomic E-state index is 0. The summed E-state index contributed by atoms with van der Waals surface area (Å²) in [6, 6.07) is 21.3. The lowest BCUT2D eigenvalue weighted by Crippen LogP contribution is -2.36. The Morgan fingerprint density at radius 3 is 1.88 bits per heavy atom. The number of amides is 2.